The highest BCUT2D eigenvalue weighted by atomic mass is 79.9. The van der Waals surface area contributed by atoms with Crippen LogP contribution >= 0.6 is 27.7 Å². The molecule has 0 spiro atoms. The van der Waals surface area contributed by atoms with Gasteiger partial charge in [-0.05, 0) is 35.6 Å². The van der Waals surface area contributed by atoms with E-state index in [2.05, 4.69) is 64.3 Å². The summed E-state index contributed by atoms with van der Waals surface area (Å²) in [5.41, 5.74) is 5.15. The van der Waals surface area contributed by atoms with Crippen molar-refractivity contribution in [3.63, 3.8) is 0 Å². The third kappa shape index (κ3) is 2.15. The summed E-state index contributed by atoms with van der Waals surface area (Å²) in [5.74, 6) is 0.172. The van der Waals surface area contributed by atoms with Gasteiger partial charge in [0.15, 0.2) is 5.78 Å². The standard InChI is InChI=1S/C22H16BrNOS/c1-12-7-9-17(23)15-11-16(21(25)19(12)15)22-24(2)20-14-6-4-3-5-13(14)8-10-18(20)26-22/h3-10H,11H2,1-2H3/b22-16-. The Morgan fingerprint density at radius 3 is 2.69 bits per heavy atom. The molecule has 0 aromatic heterocycles. The van der Waals surface area contributed by atoms with E-state index < -0.39 is 0 Å². The van der Waals surface area contributed by atoms with Crippen LogP contribution in [0.4, 0.5) is 5.69 Å². The summed E-state index contributed by atoms with van der Waals surface area (Å²) in [6.07, 6.45) is 0.690. The summed E-state index contributed by atoms with van der Waals surface area (Å²) >= 11 is 5.34. The van der Waals surface area contributed by atoms with Crippen molar-refractivity contribution in [3.05, 3.63) is 80.3 Å². The lowest BCUT2D eigenvalue weighted by Gasteiger charge is -2.17. The fourth-order valence-electron chi connectivity index (χ4n) is 4.01. The fraction of sp³-hybridized carbons (Fsp3) is 0.136. The van der Waals surface area contributed by atoms with Crippen molar-refractivity contribution >= 4 is 49.9 Å². The summed E-state index contributed by atoms with van der Waals surface area (Å²) in [4.78, 5) is 16.6. The van der Waals surface area contributed by atoms with E-state index in [1.54, 1.807) is 11.8 Å². The second-order valence-corrected chi connectivity index (χ2v) is 8.69. The molecule has 3 aromatic carbocycles. The molecule has 0 saturated carbocycles. The molecule has 0 radical (unpaired) electrons. The van der Waals surface area contributed by atoms with Gasteiger partial charge in [-0.25, -0.2) is 0 Å². The number of aryl methyl sites for hydroxylation is 1. The van der Waals surface area contributed by atoms with Gasteiger partial charge in [0.05, 0.1) is 10.7 Å². The highest BCUT2D eigenvalue weighted by Crippen LogP contribution is 2.51. The lowest BCUT2D eigenvalue weighted by Crippen LogP contribution is -2.14. The number of benzene rings is 3. The molecule has 1 heterocycles. The van der Waals surface area contributed by atoms with Crippen molar-refractivity contribution in [2.45, 2.75) is 18.2 Å². The average molecular weight is 422 g/mol. The first-order chi connectivity index (χ1) is 12.6. The summed E-state index contributed by atoms with van der Waals surface area (Å²) in [5, 5.41) is 3.52. The van der Waals surface area contributed by atoms with Crippen molar-refractivity contribution in [3.8, 4) is 0 Å². The summed E-state index contributed by atoms with van der Waals surface area (Å²) in [6, 6.07) is 16.8. The summed E-state index contributed by atoms with van der Waals surface area (Å²) < 4.78 is 1.02. The number of nitrogens with zero attached hydrogens (tertiary/aromatic N) is 1. The van der Waals surface area contributed by atoms with Gasteiger partial charge in [-0.1, -0.05) is 64.1 Å². The monoisotopic (exact) mass is 421 g/mol. The second kappa shape index (κ2) is 5.73. The van der Waals surface area contributed by atoms with Gasteiger partial charge in [0, 0.05) is 39.4 Å². The molecular weight excluding hydrogens is 406 g/mol. The molecule has 0 amide bonds. The SMILES string of the molecule is Cc1ccc(Br)c2c1C(=O)/C(=C1\Sc3ccc4ccccc4c3N1C)C2. The Morgan fingerprint density at radius 1 is 1.08 bits per heavy atom. The van der Waals surface area contributed by atoms with Gasteiger partial charge >= 0.3 is 0 Å². The molecule has 1 aliphatic heterocycles. The molecule has 0 atom stereocenters. The number of thioether (sulfide) groups is 1. The van der Waals surface area contributed by atoms with Crippen LogP contribution in [0, 0.1) is 6.92 Å². The number of anilines is 1. The smallest absolute Gasteiger partial charge is 0.192 e. The number of ketones is 1. The molecule has 3 aromatic rings. The van der Waals surface area contributed by atoms with Crippen LogP contribution in [-0.4, -0.2) is 12.8 Å². The van der Waals surface area contributed by atoms with Crippen LogP contribution in [0.2, 0.25) is 0 Å². The van der Waals surface area contributed by atoms with E-state index in [4.69, 9.17) is 0 Å². The van der Waals surface area contributed by atoms with Crippen molar-refractivity contribution in [2.24, 2.45) is 0 Å². The number of rotatable bonds is 0. The number of allylic oxidation sites excluding steroid dienone is 1. The molecule has 0 saturated heterocycles. The van der Waals surface area contributed by atoms with Gasteiger partial charge < -0.3 is 4.90 Å². The Morgan fingerprint density at radius 2 is 1.88 bits per heavy atom. The van der Waals surface area contributed by atoms with Gasteiger partial charge in [-0.3, -0.25) is 4.79 Å². The van der Waals surface area contributed by atoms with E-state index in [-0.39, 0.29) is 5.78 Å². The third-order valence-corrected chi connectivity index (χ3v) is 7.29. The first-order valence-corrected chi connectivity index (χ1v) is 10.2. The van der Waals surface area contributed by atoms with Crippen LogP contribution in [0.5, 0.6) is 0 Å². The molecular formula is C22H16BrNOS. The zero-order valence-electron chi connectivity index (χ0n) is 14.5. The van der Waals surface area contributed by atoms with Gasteiger partial charge in [0.1, 0.15) is 0 Å². The predicted molar refractivity (Wildman–Crippen MR) is 112 cm³/mol. The molecule has 2 nitrogen and oxygen atoms in total. The summed E-state index contributed by atoms with van der Waals surface area (Å²) in [7, 11) is 2.08. The Kier molecular flexibility index (Phi) is 3.56. The minimum Gasteiger partial charge on any atom is -0.337 e. The van der Waals surface area contributed by atoms with E-state index in [0.29, 0.717) is 6.42 Å². The molecule has 26 heavy (non-hydrogen) atoms. The minimum atomic E-state index is 0.172. The maximum absolute atomic E-state index is 13.2. The van der Waals surface area contributed by atoms with E-state index in [9.17, 15) is 4.79 Å². The zero-order chi connectivity index (χ0) is 18.0. The van der Waals surface area contributed by atoms with Crippen molar-refractivity contribution in [1.29, 1.82) is 0 Å². The van der Waals surface area contributed by atoms with Crippen LogP contribution in [0.25, 0.3) is 10.8 Å². The van der Waals surface area contributed by atoms with E-state index in [1.807, 2.05) is 19.1 Å². The Hall–Kier alpha value is -2.04. The second-order valence-electron chi connectivity index (χ2n) is 6.80. The normalized spacial score (nSPS) is 18.6. The van der Waals surface area contributed by atoms with Crippen LogP contribution in [-0.2, 0) is 6.42 Å². The van der Waals surface area contributed by atoms with E-state index in [0.717, 1.165) is 31.8 Å². The predicted octanol–water partition coefficient (Wildman–Crippen LogP) is 6.10. The Balaban J connectivity index is 1.69. The van der Waals surface area contributed by atoms with Gasteiger partial charge in [-0.15, -0.1) is 0 Å². The zero-order valence-corrected chi connectivity index (χ0v) is 16.9. The van der Waals surface area contributed by atoms with E-state index in [1.165, 1.54) is 21.4 Å². The quantitative estimate of drug-likeness (QED) is 0.408. The number of carbonyl (C=O) groups excluding carboxylic acids is 1. The van der Waals surface area contributed by atoms with Gasteiger partial charge in [-0.2, -0.15) is 0 Å². The molecule has 4 heteroatoms. The van der Waals surface area contributed by atoms with Crippen LogP contribution < -0.4 is 4.90 Å². The highest BCUT2D eigenvalue weighted by molar-refractivity contribution is 9.10. The average Bonchev–Trinajstić information content (AvgIpc) is 3.17. The molecule has 5 rings (SSSR count). The lowest BCUT2D eigenvalue weighted by atomic mass is 10.0. The maximum Gasteiger partial charge on any atom is 0.192 e. The van der Waals surface area contributed by atoms with Gasteiger partial charge in [0.25, 0.3) is 0 Å². The van der Waals surface area contributed by atoms with Crippen LogP contribution in [0.1, 0.15) is 21.5 Å². The number of halogens is 1. The lowest BCUT2D eigenvalue weighted by molar-refractivity contribution is 0.103. The Bertz CT molecular complexity index is 1150. The Labute approximate surface area is 165 Å². The topological polar surface area (TPSA) is 20.3 Å². The molecule has 0 unspecified atom stereocenters. The van der Waals surface area contributed by atoms with Crippen LogP contribution in [0.3, 0.4) is 0 Å². The molecule has 1 aliphatic carbocycles. The number of hydrogen-bond donors (Lipinski definition) is 0. The molecule has 0 fully saturated rings. The van der Waals surface area contributed by atoms with Crippen molar-refractivity contribution in [1.82, 2.24) is 0 Å². The van der Waals surface area contributed by atoms with Crippen molar-refractivity contribution in [2.75, 3.05) is 11.9 Å². The van der Waals surface area contributed by atoms with Crippen LogP contribution in [0.15, 0.2) is 68.5 Å². The number of carbonyl (C=O) groups is 1. The highest BCUT2D eigenvalue weighted by Gasteiger charge is 2.35. The van der Waals surface area contributed by atoms with E-state index >= 15 is 0 Å². The fourth-order valence-corrected chi connectivity index (χ4v) is 5.69. The number of fused-ring (bicyclic) bond motifs is 4. The minimum absolute atomic E-state index is 0.172. The number of hydrogen-bond acceptors (Lipinski definition) is 3. The third-order valence-electron chi connectivity index (χ3n) is 5.29. The van der Waals surface area contributed by atoms with Crippen molar-refractivity contribution < 1.29 is 4.79 Å². The molecule has 0 N–H and O–H groups in total. The number of Topliss-reactive ketones (excluding diaryl/α,β-unsaturated/α-hetero) is 1. The first kappa shape index (κ1) is 16.2. The summed E-state index contributed by atoms with van der Waals surface area (Å²) in [6.45, 7) is 2.02. The molecule has 128 valence electrons. The molecule has 2 aliphatic rings. The largest absolute Gasteiger partial charge is 0.337 e. The molecule has 0 bridgehead atoms. The first-order valence-electron chi connectivity index (χ1n) is 8.55. The maximum atomic E-state index is 13.2. The van der Waals surface area contributed by atoms with Gasteiger partial charge in [0.2, 0.25) is 0 Å².